The van der Waals surface area contributed by atoms with Crippen molar-refractivity contribution < 1.29 is 5.11 Å². The molecule has 0 atom stereocenters. The average Bonchev–Trinajstić information content (AvgIpc) is 2.76. The molecule has 0 fully saturated rings. The molecule has 2 aromatic heterocycles. The van der Waals surface area contributed by atoms with Crippen molar-refractivity contribution in [2.45, 2.75) is 22.1 Å². The maximum atomic E-state index is 8.91. The fraction of sp³-hybridized carbons (Fsp3) is 0.222. The molecule has 14 heavy (non-hydrogen) atoms. The van der Waals surface area contributed by atoms with Gasteiger partial charge in [0.25, 0.3) is 0 Å². The summed E-state index contributed by atoms with van der Waals surface area (Å²) < 4.78 is 2.25. The summed E-state index contributed by atoms with van der Waals surface area (Å²) in [5.41, 5.74) is 1.07. The number of thiophene rings is 1. The van der Waals surface area contributed by atoms with Crippen LogP contribution in [-0.4, -0.2) is 10.1 Å². The molecule has 2 rings (SSSR count). The van der Waals surface area contributed by atoms with Crippen LogP contribution in [0.2, 0.25) is 0 Å². The van der Waals surface area contributed by atoms with Gasteiger partial charge >= 0.3 is 0 Å². The molecule has 5 heteroatoms. The van der Waals surface area contributed by atoms with Crippen molar-refractivity contribution >= 4 is 34.4 Å². The quantitative estimate of drug-likeness (QED) is 0.899. The van der Waals surface area contributed by atoms with Crippen LogP contribution in [-0.2, 0) is 6.61 Å². The van der Waals surface area contributed by atoms with Crippen LogP contribution < -0.4 is 0 Å². The van der Waals surface area contributed by atoms with Crippen molar-refractivity contribution in [1.29, 1.82) is 0 Å². The molecule has 0 unspecified atom stereocenters. The zero-order valence-electron chi connectivity index (χ0n) is 7.56. The molecule has 0 aliphatic rings. The number of hydrogen-bond acceptors (Lipinski definition) is 5. The topological polar surface area (TPSA) is 33.1 Å². The second-order valence-electron chi connectivity index (χ2n) is 2.74. The van der Waals surface area contributed by atoms with E-state index in [1.807, 2.05) is 24.4 Å². The van der Waals surface area contributed by atoms with Gasteiger partial charge < -0.3 is 5.11 Å². The van der Waals surface area contributed by atoms with Crippen LogP contribution in [0.25, 0.3) is 0 Å². The summed E-state index contributed by atoms with van der Waals surface area (Å²) >= 11 is 4.93. The molecule has 74 valence electrons. The highest BCUT2D eigenvalue weighted by atomic mass is 32.2. The van der Waals surface area contributed by atoms with Gasteiger partial charge in [0.15, 0.2) is 4.34 Å². The number of aromatic nitrogens is 1. The Bertz CT molecular complexity index is 421. The first-order chi connectivity index (χ1) is 6.78. The van der Waals surface area contributed by atoms with Crippen LogP contribution in [0.5, 0.6) is 0 Å². The first-order valence-electron chi connectivity index (χ1n) is 4.07. The van der Waals surface area contributed by atoms with Crippen LogP contribution in [0.3, 0.4) is 0 Å². The smallest absolute Gasteiger partial charge is 0.155 e. The first-order valence-corrected chi connectivity index (χ1v) is 6.59. The van der Waals surface area contributed by atoms with E-state index in [4.69, 9.17) is 5.11 Å². The molecule has 0 spiro atoms. The fourth-order valence-corrected chi connectivity index (χ4v) is 4.07. The Balaban J connectivity index is 2.10. The number of aliphatic hydroxyl groups excluding tert-OH is 1. The molecule has 0 aliphatic carbocycles. The van der Waals surface area contributed by atoms with Gasteiger partial charge in [-0.25, -0.2) is 4.98 Å². The van der Waals surface area contributed by atoms with Crippen LogP contribution in [0.1, 0.15) is 10.6 Å². The highest BCUT2D eigenvalue weighted by Crippen LogP contribution is 2.34. The van der Waals surface area contributed by atoms with Gasteiger partial charge in [0.2, 0.25) is 0 Å². The van der Waals surface area contributed by atoms with E-state index in [0.717, 1.165) is 14.9 Å². The second-order valence-corrected chi connectivity index (χ2v) is 6.31. The van der Waals surface area contributed by atoms with Gasteiger partial charge in [-0.05, 0) is 30.8 Å². The molecule has 0 saturated heterocycles. The average molecular weight is 243 g/mol. The van der Waals surface area contributed by atoms with Crippen molar-refractivity contribution in [2.75, 3.05) is 0 Å². The maximum absolute atomic E-state index is 8.91. The highest BCUT2D eigenvalue weighted by Gasteiger charge is 2.04. The largest absolute Gasteiger partial charge is 0.391 e. The van der Waals surface area contributed by atoms with Gasteiger partial charge in [0, 0.05) is 16.0 Å². The summed E-state index contributed by atoms with van der Waals surface area (Å²) in [6.07, 6.45) is 0. The lowest BCUT2D eigenvalue weighted by atomic mass is 10.5. The Morgan fingerprint density at radius 1 is 1.50 bits per heavy atom. The van der Waals surface area contributed by atoms with Crippen molar-refractivity contribution in [2.24, 2.45) is 0 Å². The van der Waals surface area contributed by atoms with Gasteiger partial charge in [0.1, 0.15) is 0 Å². The zero-order valence-corrected chi connectivity index (χ0v) is 10.0. The molecule has 2 nitrogen and oxygen atoms in total. The molecule has 1 N–H and O–H groups in total. The third-order valence-electron chi connectivity index (χ3n) is 1.58. The lowest BCUT2D eigenvalue weighted by Crippen LogP contribution is -1.70. The van der Waals surface area contributed by atoms with Gasteiger partial charge in [-0.15, -0.1) is 22.7 Å². The van der Waals surface area contributed by atoms with E-state index in [1.54, 1.807) is 34.4 Å². The SMILES string of the molecule is Cc1csc(Sc2ccc(CO)s2)n1. The van der Waals surface area contributed by atoms with Crippen molar-refractivity contribution in [1.82, 2.24) is 4.98 Å². The molecule has 0 radical (unpaired) electrons. The van der Waals surface area contributed by atoms with E-state index in [2.05, 4.69) is 4.98 Å². The Morgan fingerprint density at radius 2 is 2.36 bits per heavy atom. The highest BCUT2D eigenvalue weighted by molar-refractivity contribution is 8.02. The predicted octanol–water partition coefficient (Wildman–Crippen LogP) is 3.16. The zero-order chi connectivity index (χ0) is 9.97. The summed E-state index contributed by atoms with van der Waals surface area (Å²) in [5.74, 6) is 0. The van der Waals surface area contributed by atoms with Crippen molar-refractivity contribution in [3.8, 4) is 0 Å². The monoisotopic (exact) mass is 243 g/mol. The molecular formula is C9H9NOS3. The Hall–Kier alpha value is -0.360. The Morgan fingerprint density at radius 3 is 2.93 bits per heavy atom. The summed E-state index contributed by atoms with van der Waals surface area (Å²) in [5, 5.41) is 11.0. The summed E-state index contributed by atoms with van der Waals surface area (Å²) in [6.45, 7) is 2.12. The molecule has 2 heterocycles. The minimum atomic E-state index is 0.127. The number of aryl methyl sites for hydroxylation is 1. The molecule has 2 aromatic rings. The van der Waals surface area contributed by atoms with Gasteiger partial charge in [0.05, 0.1) is 10.8 Å². The Kier molecular flexibility index (Phi) is 3.22. The predicted molar refractivity (Wildman–Crippen MR) is 61.2 cm³/mol. The van der Waals surface area contributed by atoms with Gasteiger partial charge in [-0.2, -0.15) is 0 Å². The number of rotatable bonds is 3. The molecule has 0 aliphatic heterocycles. The Labute approximate surface area is 94.6 Å². The summed E-state index contributed by atoms with van der Waals surface area (Å²) in [7, 11) is 0. The van der Waals surface area contributed by atoms with Crippen LogP contribution >= 0.6 is 34.4 Å². The minimum absolute atomic E-state index is 0.127. The van der Waals surface area contributed by atoms with Crippen LogP contribution in [0.4, 0.5) is 0 Å². The number of aliphatic hydroxyl groups is 1. The van der Waals surface area contributed by atoms with Crippen LogP contribution in [0, 0.1) is 6.92 Å². The fourth-order valence-electron chi connectivity index (χ4n) is 0.963. The van der Waals surface area contributed by atoms with E-state index >= 15 is 0 Å². The minimum Gasteiger partial charge on any atom is -0.391 e. The van der Waals surface area contributed by atoms with Gasteiger partial charge in [-0.1, -0.05) is 0 Å². The molecule has 0 aromatic carbocycles. The molecular weight excluding hydrogens is 234 g/mol. The number of thiazole rings is 1. The summed E-state index contributed by atoms with van der Waals surface area (Å²) in [6, 6.07) is 3.98. The molecule has 0 saturated carbocycles. The maximum Gasteiger partial charge on any atom is 0.155 e. The van der Waals surface area contributed by atoms with E-state index < -0.39 is 0 Å². The van der Waals surface area contributed by atoms with Crippen molar-refractivity contribution in [3.05, 3.63) is 28.1 Å². The third kappa shape index (κ3) is 2.36. The molecule has 0 amide bonds. The summed E-state index contributed by atoms with van der Waals surface area (Å²) in [4.78, 5) is 5.37. The number of nitrogens with zero attached hydrogens (tertiary/aromatic N) is 1. The van der Waals surface area contributed by atoms with Crippen molar-refractivity contribution in [3.63, 3.8) is 0 Å². The lowest BCUT2D eigenvalue weighted by molar-refractivity contribution is 0.285. The number of hydrogen-bond donors (Lipinski definition) is 1. The lowest BCUT2D eigenvalue weighted by Gasteiger charge is -1.90. The molecule has 0 bridgehead atoms. The first kappa shape index (κ1) is 10.2. The second kappa shape index (κ2) is 4.44. The van der Waals surface area contributed by atoms with E-state index in [9.17, 15) is 0 Å². The van der Waals surface area contributed by atoms with Gasteiger partial charge in [-0.3, -0.25) is 0 Å². The standard InChI is InChI=1S/C9H9NOS3/c1-6-5-12-9(10-6)14-8-3-2-7(4-11)13-8/h2-3,5,11H,4H2,1H3. The van der Waals surface area contributed by atoms with E-state index in [0.29, 0.717) is 0 Å². The van der Waals surface area contributed by atoms with E-state index in [1.165, 1.54) is 4.21 Å². The normalized spacial score (nSPS) is 10.7. The van der Waals surface area contributed by atoms with Crippen LogP contribution in [0.15, 0.2) is 26.1 Å². The van der Waals surface area contributed by atoms with E-state index in [-0.39, 0.29) is 6.61 Å². The third-order valence-corrected chi connectivity index (χ3v) is 4.84.